The van der Waals surface area contributed by atoms with Gasteiger partial charge in [-0.2, -0.15) is 0 Å². The summed E-state index contributed by atoms with van der Waals surface area (Å²) in [6, 6.07) is 0. The number of carbonyl (C=O) groups is 1. The first-order valence-corrected chi connectivity index (χ1v) is 22.7. The Bertz CT molecular complexity index is 1550. The standard InChI is InChI=1S/C43H67NO8Si/c1-26(2)19-29(5)37-31(7)36(44-47-11)24-42(51-37)23-34-22-33(50-42)18-17-28(4)20-27(3)15-14-16-32-25-48-39-38(52-53(12,13)41(8,9)10)30(6)21-35(40(45)49-34)43(32,39)46/h14-17,19,21,26-27,31,33-35,37-39,46H,18,20,22-25H2,1-13H3/b15-14-,28-17-,29-19+,32-16-,44-36+/t27-,31-,33+,34-,35-,37+,38+,39+,42-,43+/m0/s1. The first kappa shape index (κ1) is 41.8. The van der Waals surface area contributed by atoms with Crippen LogP contribution >= 0.6 is 0 Å². The fourth-order valence-corrected chi connectivity index (χ4v) is 9.86. The van der Waals surface area contributed by atoms with E-state index in [1.165, 1.54) is 5.57 Å². The maximum atomic E-state index is 14.6. The number of hydrogen-bond acceptors (Lipinski definition) is 9. The molecule has 1 spiro atoms. The molecule has 296 valence electrons. The number of allylic oxidation sites excluding steroid dienone is 5. The molecule has 3 fully saturated rings. The monoisotopic (exact) mass is 753 g/mol. The lowest BCUT2D eigenvalue weighted by Crippen LogP contribution is -2.61. The minimum absolute atomic E-state index is 0.0293. The lowest BCUT2D eigenvalue weighted by atomic mass is 9.71. The lowest BCUT2D eigenvalue weighted by molar-refractivity contribution is -0.313. The molecular formula is C43H67NO8Si. The normalized spacial score (nSPS) is 40.9. The molecule has 53 heavy (non-hydrogen) atoms. The van der Waals surface area contributed by atoms with Gasteiger partial charge in [0.15, 0.2) is 14.1 Å². The minimum atomic E-state index is -2.29. The van der Waals surface area contributed by atoms with Crippen molar-refractivity contribution in [3.8, 4) is 0 Å². The van der Waals surface area contributed by atoms with Crippen molar-refractivity contribution in [2.75, 3.05) is 13.7 Å². The summed E-state index contributed by atoms with van der Waals surface area (Å²) < 4.78 is 33.9. The number of oxime groups is 1. The predicted octanol–water partition coefficient (Wildman–Crippen LogP) is 8.76. The van der Waals surface area contributed by atoms with E-state index in [4.69, 9.17) is 28.2 Å². The molecule has 5 rings (SSSR count). The van der Waals surface area contributed by atoms with Gasteiger partial charge < -0.3 is 33.3 Å². The Morgan fingerprint density at radius 3 is 2.53 bits per heavy atom. The van der Waals surface area contributed by atoms with Gasteiger partial charge >= 0.3 is 5.97 Å². The number of nitrogens with zero attached hydrogens (tertiary/aromatic N) is 1. The number of ether oxygens (including phenoxy) is 4. The second-order valence-electron chi connectivity index (χ2n) is 18.4. The Morgan fingerprint density at radius 1 is 1.15 bits per heavy atom. The zero-order valence-corrected chi connectivity index (χ0v) is 35.7. The van der Waals surface area contributed by atoms with Gasteiger partial charge in [-0.1, -0.05) is 95.7 Å². The van der Waals surface area contributed by atoms with Gasteiger partial charge in [-0.05, 0) is 80.3 Å². The second-order valence-corrected chi connectivity index (χ2v) is 23.1. The molecule has 2 bridgehead atoms. The summed E-state index contributed by atoms with van der Waals surface area (Å²) in [4.78, 5) is 20.0. The molecule has 3 saturated heterocycles. The van der Waals surface area contributed by atoms with Crippen molar-refractivity contribution < 1.29 is 38.1 Å². The third-order valence-corrected chi connectivity index (χ3v) is 16.8. The molecule has 0 amide bonds. The summed E-state index contributed by atoms with van der Waals surface area (Å²) in [6.07, 6.45) is 12.8. The summed E-state index contributed by atoms with van der Waals surface area (Å²) in [5, 5.41) is 17.3. The van der Waals surface area contributed by atoms with E-state index in [-0.39, 0.29) is 35.7 Å². The van der Waals surface area contributed by atoms with Gasteiger partial charge in [-0.3, -0.25) is 4.79 Å². The summed E-state index contributed by atoms with van der Waals surface area (Å²) in [5.41, 5.74) is 3.09. The third-order valence-electron chi connectivity index (χ3n) is 12.3. The molecular weight excluding hydrogens is 687 g/mol. The van der Waals surface area contributed by atoms with Crippen molar-refractivity contribution in [1.29, 1.82) is 0 Å². The summed E-state index contributed by atoms with van der Waals surface area (Å²) in [5.74, 6) is -1.99. The van der Waals surface area contributed by atoms with E-state index in [0.717, 1.165) is 23.3 Å². The van der Waals surface area contributed by atoms with E-state index >= 15 is 0 Å². The van der Waals surface area contributed by atoms with E-state index in [2.05, 4.69) is 98.8 Å². The van der Waals surface area contributed by atoms with E-state index in [0.29, 0.717) is 37.2 Å². The Balaban J connectivity index is 1.57. The van der Waals surface area contributed by atoms with Gasteiger partial charge in [-0.15, -0.1) is 0 Å². The number of fused-ring (bicyclic) bond motifs is 2. The number of carbonyl (C=O) groups excluding carboxylic acids is 1. The van der Waals surface area contributed by atoms with Crippen LogP contribution in [0.25, 0.3) is 0 Å². The highest BCUT2D eigenvalue weighted by Crippen LogP contribution is 2.50. The van der Waals surface area contributed by atoms with Gasteiger partial charge in [0.25, 0.3) is 0 Å². The Kier molecular flexibility index (Phi) is 12.6. The molecule has 0 saturated carbocycles. The topological polar surface area (TPSA) is 105 Å². The number of esters is 1. The van der Waals surface area contributed by atoms with E-state index < -0.39 is 49.9 Å². The van der Waals surface area contributed by atoms with Crippen molar-refractivity contribution in [2.24, 2.45) is 28.8 Å². The lowest BCUT2D eigenvalue weighted by Gasteiger charge is -2.50. The average Bonchev–Trinajstić information content (AvgIpc) is 3.38. The maximum Gasteiger partial charge on any atom is 0.316 e. The van der Waals surface area contributed by atoms with Crippen molar-refractivity contribution in [2.45, 2.75) is 161 Å². The van der Waals surface area contributed by atoms with Gasteiger partial charge in [0, 0.05) is 25.2 Å². The molecule has 5 aliphatic rings. The highest BCUT2D eigenvalue weighted by Gasteiger charge is 2.62. The average molecular weight is 754 g/mol. The largest absolute Gasteiger partial charge is 0.462 e. The first-order chi connectivity index (χ1) is 24.7. The molecule has 10 heteroatoms. The number of aliphatic hydroxyl groups is 1. The predicted molar refractivity (Wildman–Crippen MR) is 212 cm³/mol. The van der Waals surface area contributed by atoms with Crippen molar-refractivity contribution >= 4 is 20.0 Å². The van der Waals surface area contributed by atoms with E-state index in [1.54, 1.807) is 7.11 Å². The maximum absolute atomic E-state index is 14.6. The van der Waals surface area contributed by atoms with Crippen molar-refractivity contribution in [3.05, 3.63) is 58.7 Å². The molecule has 0 aromatic heterocycles. The summed E-state index contributed by atoms with van der Waals surface area (Å²) in [7, 11) is -0.724. The van der Waals surface area contributed by atoms with E-state index in [1.807, 2.05) is 25.2 Å². The van der Waals surface area contributed by atoms with E-state index in [9.17, 15) is 9.90 Å². The molecule has 4 heterocycles. The second kappa shape index (κ2) is 16.0. The quantitative estimate of drug-likeness (QED) is 0.129. The van der Waals surface area contributed by atoms with Crippen LogP contribution in [0.2, 0.25) is 18.1 Å². The zero-order chi connectivity index (χ0) is 39.1. The number of rotatable bonds is 5. The molecule has 10 atom stereocenters. The fraction of sp³-hybridized carbons (Fsp3) is 0.721. The number of hydrogen-bond donors (Lipinski definition) is 1. The SMILES string of the molecule is CO/N=C1\C[C@]2(C[C@@H]3C[C@@H](C/C=C(/C)C[C@@H](C)/C=C\C=C4\CO[C@@H]5[C@H](O[Si](C)(C)C(C)(C)C)C(C)=C[C@@H](C(=O)O3)[C@]45O)O2)O[C@H](/C(C)=C/C(C)C)[C@H]1C. The van der Waals surface area contributed by atoms with Crippen molar-refractivity contribution in [3.63, 3.8) is 0 Å². The highest BCUT2D eigenvalue weighted by molar-refractivity contribution is 6.74. The van der Waals surface area contributed by atoms with Gasteiger partial charge in [0.05, 0.1) is 30.6 Å². The molecule has 0 aromatic rings. The molecule has 0 radical (unpaired) electrons. The Hall–Kier alpha value is -2.34. The zero-order valence-electron chi connectivity index (χ0n) is 34.7. The van der Waals surface area contributed by atoms with Crippen LogP contribution in [0.5, 0.6) is 0 Å². The van der Waals surface area contributed by atoms with Gasteiger partial charge in [0.2, 0.25) is 0 Å². The summed E-state index contributed by atoms with van der Waals surface area (Å²) in [6.45, 7) is 26.0. The van der Waals surface area contributed by atoms with Crippen molar-refractivity contribution in [1.82, 2.24) is 0 Å². The Morgan fingerprint density at radius 2 is 1.87 bits per heavy atom. The minimum Gasteiger partial charge on any atom is -0.462 e. The fourth-order valence-electron chi connectivity index (χ4n) is 8.57. The van der Waals surface area contributed by atoms with Crippen LogP contribution in [-0.4, -0.2) is 80.7 Å². The van der Waals surface area contributed by atoms with Crippen LogP contribution in [0.3, 0.4) is 0 Å². The summed E-state index contributed by atoms with van der Waals surface area (Å²) >= 11 is 0. The molecule has 0 unspecified atom stereocenters. The van der Waals surface area contributed by atoms with Crippen LogP contribution in [0.15, 0.2) is 63.9 Å². The van der Waals surface area contributed by atoms with Gasteiger partial charge in [0.1, 0.15) is 30.8 Å². The highest BCUT2D eigenvalue weighted by atomic mass is 28.4. The van der Waals surface area contributed by atoms with Gasteiger partial charge in [-0.25, -0.2) is 0 Å². The van der Waals surface area contributed by atoms with Crippen LogP contribution in [0, 0.1) is 23.7 Å². The van der Waals surface area contributed by atoms with Crippen LogP contribution in [0.1, 0.15) is 101 Å². The van der Waals surface area contributed by atoms with Crippen LogP contribution in [0.4, 0.5) is 0 Å². The molecule has 1 N–H and O–H groups in total. The molecule has 1 aliphatic carbocycles. The van der Waals surface area contributed by atoms with Crippen LogP contribution in [-0.2, 0) is 33.0 Å². The third kappa shape index (κ3) is 8.89. The Labute approximate surface area is 320 Å². The molecule has 0 aromatic carbocycles. The van der Waals surface area contributed by atoms with Crippen LogP contribution < -0.4 is 0 Å². The molecule has 4 aliphatic heterocycles. The molecule has 9 nitrogen and oxygen atoms in total. The smallest absolute Gasteiger partial charge is 0.316 e. The first-order valence-electron chi connectivity index (χ1n) is 19.8.